The van der Waals surface area contributed by atoms with Crippen molar-refractivity contribution in [3.05, 3.63) is 66.2 Å². The maximum absolute atomic E-state index is 5.85. The molecule has 2 heterocycles. The maximum atomic E-state index is 5.85. The first-order valence-electron chi connectivity index (χ1n) is 10.9. The van der Waals surface area contributed by atoms with Crippen molar-refractivity contribution in [2.24, 2.45) is 0 Å². The van der Waals surface area contributed by atoms with Crippen LogP contribution in [0.5, 0.6) is 11.8 Å². The van der Waals surface area contributed by atoms with E-state index >= 15 is 0 Å². The first-order valence-corrected chi connectivity index (χ1v) is 10.9. The van der Waals surface area contributed by atoms with Crippen molar-refractivity contribution < 1.29 is 4.74 Å². The van der Waals surface area contributed by atoms with Gasteiger partial charge < -0.3 is 20.3 Å². The molecule has 0 aliphatic carbocycles. The number of hydrogen-bond donors (Lipinski definition) is 3. The lowest BCUT2D eigenvalue weighted by atomic mass is 10.1. The van der Waals surface area contributed by atoms with E-state index in [0.717, 1.165) is 24.3 Å². The number of H-pyrrole nitrogens is 1. The Bertz CT molecular complexity index is 1160. The van der Waals surface area contributed by atoms with Crippen LogP contribution in [0.4, 0.5) is 17.7 Å². The second kappa shape index (κ2) is 10.6. The van der Waals surface area contributed by atoms with Gasteiger partial charge in [0, 0.05) is 19.2 Å². The number of nitrogens with one attached hydrogen (secondary N) is 3. The molecule has 2 aromatic heterocycles. The van der Waals surface area contributed by atoms with Gasteiger partial charge >= 0.3 is 6.01 Å². The van der Waals surface area contributed by atoms with Crippen LogP contribution in [0.3, 0.4) is 0 Å². The van der Waals surface area contributed by atoms with Gasteiger partial charge in [-0.05, 0) is 38.2 Å². The lowest BCUT2D eigenvalue weighted by Gasteiger charge is -2.14. The third-order valence-corrected chi connectivity index (χ3v) is 5.06. The summed E-state index contributed by atoms with van der Waals surface area (Å²) in [5.74, 6) is 2.01. The fraction of sp³-hybridized carbons (Fsp3) is 0.250. The molecular weight excluding hydrogens is 416 g/mol. The molecule has 0 fully saturated rings. The SMILES string of the molecule is CCN(C)CCNc1nc(Nc2cc(-c3ccc(C)cc3)[nH]n2)nc(Oc2ccccc2)n1. The summed E-state index contributed by atoms with van der Waals surface area (Å²) in [5, 5.41) is 13.8. The quantitative estimate of drug-likeness (QED) is 0.329. The van der Waals surface area contributed by atoms with Crippen LogP contribution in [0.25, 0.3) is 11.3 Å². The smallest absolute Gasteiger partial charge is 0.328 e. The van der Waals surface area contributed by atoms with Crippen molar-refractivity contribution in [3.63, 3.8) is 0 Å². The average molecular weight is 445 g/mol. The van der Waals surface area contributed by atoms with Gasteiger partial charge in [-0.15, -0.1) is 0 Å². The molecule has 33 heavy (non-hydrogen) atoms. The van der Waals surface area contributed by atoms with E-state index in [1.54, 1.807) is 0 Å². The standard InChI is InChI=1S/C24H28N8O/c1-4-32(3)15-14-25-22-27-23(29-24(28-22)33-19-8-6-5-7-9-19)26-21-16-20(30-31-21)18-12-10-17(2)11-13-18/h5-13,16H,4,14-15H2,1-3H3,(H3,25,26,27,28,29,30,31). The molecule has 0 amide bonds. The van der Waals surface area contributed by atoms with Gasteiger partial charge in [0.2, 0.25) is 11.9 Å². The minimum Gasteiger partial charge on any atom is -0.424 e. The average Bonchev–Trinajstić information content (AvgIpc) is 3.28. The maximum Gasteiger partial charge on any atom is 0.328 e. The van der Waals surface area contributed by atoms with Gasteiger partial charge in [-0.3, -0.25) is 5.10 Å². The molecule has 0 saturated heterocycles. The van der Waals surface area contributed by atoms with Crippen LogP contribution in [-0.4, -0.2) is 56.7 Å². The fourth-order valence-corrected chi connectivity index (χ4v) is 3.03. The number of likely N-dealkylation sites (N-methyl/N-ethyl adjacent to an activating group) is 1. The molecule has 4 rings (SSSR count). The van der Waals surface area contributed by atoms with E-state index in [-0.39, 0.29) is 6.01 Å². The highest BCUT2D eigenvalue weighted by atomic mass is 16.5. The molecule has 9 heteroatoms. The van der Waals surface area contributed by atoms with Gasteiger partial charge in [0.25, 0.3) is 0 Å². The zero-order chi connectivity index (χ0) is 23.0. The molecule has 0 saturated carbocycles. The molecule has 0 radical (unpaired) electrons. The molecule has 4 aromatic rings. The highest BCUT2D eigenvalue weighted by molar-refractivity contribution is 5.64. The van der Waals surface area contributed by atoms with Crippen LogP contribution < -0.4 is 15.4 Å². The number of aromatic amines is 1. The molecular formula is C24H28N8O. The zero-order valence-electron chi connectivity index (χ0n) is 19.0. The van der Waals surface area contributed by atoms with E-state index in [4.69, 9.17) is 4.74 Å². The number of nitrogens with zero attached hydrogens (tertiary/aromatic N) is 5. The van der Waals surface area contributed by atoms with Gasteiger partial charge in [-0.25, -0.2) is 0 Å². The van der Waals surface area contributed by atoms with Crippen LogP contribution in [0.2, 0.25) is 0 Å². The predicted molar refractivity (Wildman–Crippen MR) is 130 cm³/mol. The van der Waals surface area contributed by atoms with Gasteiger partial charge in [0.05, 0.1) is 5.69 Å². The van der Waals surface area contributed by atoms with Crippen LogP contribution in [0.15, 0.2) is 60.7 Å². The second-order valence-corrected chi connectivity index (χ2v) is 7.66. The largest absolute Gasteiger partial charge is 0.424 e. The number of hydrogen-bond acceptors (Lipinski definition) is 8. The molecule has 0 unspecified atom stereocenters. The van der Waals surface area contributed by atoms with Crippen molar-refractivity contribution in [3.8, 4) is 23.0 Å². The van der Waals surface area contributed by atoms with Crippen LogP contribution in [0.1, 0.15) is 12.5 Å². The zero-order valence-corrected chi connectivity index (χ0v) is 19.0. The minimum absolute atomic E-state index is 0.194. The Morgan fingerprint density at radius 3 is 2.48 bits per heavy atom. The second-order valence-electron chi connectivity index (χ2n) is 7.66. The Morgan fingerprint density at radius 1 is 0.970 bits per heavy atom. The lowest BCUT2D eigenvalue weighted by molar-refractivity contribution is 0.366. The minimum atomic E-state index is 0.194. The van der Waals surface area contributed by atoms with Gasteiger partial charge in [0.1, 0.15) is 5.75 Å². The predicted octanol–water partition coefficient (Wildman–Crippen LogP) is 4.47. The van der Waals surface area contributed by atoms with Crippen molar-refractivity contribution in [1.82, 2.24) is 30.0 Å². The molecule has 0 atom stereocenters. The molecule has 2 aromatic carbocycles. The Balaban J connectivity index is 1.53. The number of ether oxygens (including phenoxy) is 1. The Morgan fingerprint density at radius 2 is 1.73 bits per heavy atom. The van der Waals surface area contributed by atoms with E-state index in [1.165, 1.54) is 5.56 Å². The van der Waals surface area contributed by atoms with Crippen LogP contribution in [-0.2, 0) is 0 Å². The number of aryl methyl sites for hydroxylation is 1. The summed E-state index contributed by atoms with van der Waals surface area (Å²) >= 11 is 0. The van der Waals surface area contributed by atoms with E-state index in [0.29, 0.717) is 30.0 Å². The number of rotatable bonds is 10. The monoisotopic (exact) mass is 444 g/mol. The number of aromatic nitrogens is 5. The molecule has 0 aliphatic heterocycles. The molecule has 9 nitrogen and oxygen atoms in total. The van der Waals surface area contributed by atoms with Gasteiger partial charge in [0.15, 0.2) is 5.82 Å². The third-order valence-electron chi connectivity index (χ3n) is 5.06. The summed E-state index contributed by atoms with van der Waals surface area (Å²) in [6.45, 7) is 6.70. The number of para-hydroxylation sites is 1. The fourth-order valence-electron chi connectivity index (χ4n) is 3.03. The topological polar surface area (TPSA) is 104 Å². The summed E-state index contributed by atoms with van der Waals surface area (Å²) in [4.78, 5) is 15.5. The van der Waals surface area contributed by atoms with Crippen LogP contribution >= 0.6 is 0 Å². The normalized spacial score (nSPS) is 10.9. The lowest BCUT2D eigenvalue weighted by Crippen LogP contribution is -2.25. The summed E-state index contributed by atoms with van der Waals surface area (Å²) in [6.07, 6.45) is 0. The summed E-state index contributed by atoms with van der Waals surface area (Å²) in [5.41, 5.74) is 3.15. The Labute approximate surface area is 193 Å². The Hall–Kier alpha value is -3.98. The Kier molecular flexibility index (Phi) is 7.11. The van der Waals surface area contributed by atoms with Crippen molar-refractivity contribution >= 4 is 17.7 Å². The van der Waals surface area contributed by atoms with E-state index < -0.39 is 0 Å². The summed E-state index contributed by atoms with van der Waals surface area (Å²) < 4.78 is 5.85. The van der Waals surface area contributed by atoms with Gasteiger partial charge in [-0.1, -0.05) is 55.0 Å². The van der Waals surface area contributed by atoms with Gasteiger partial charge in [-0.2, -0.15) is 20.1 Å². The van der Waals surface area contributed by atoms with E-state index in [2.05, 4.69) is 85.8 Å². The van der Waals surface area contributed by atoms with Crippen molar-refractivity contribution in [1.29, 1.82) is 0 Å². The molecule has 3 N–H and O–H groups in total. The molecule has 170 valence electrons. The molecule has 0 aliphatic rings. The van der Waals surface area contributed by atoms with Crippen LogP contribution in [0, 0.1) is 6.92 Å². The number of benzene rings is 2. The van der Waals surface area contributed by atoms with E-state index in [1.807, 2.05) is 36.4 Å². The summed E-state index contributed by atoms with van der Waals surface area (Å²) in [6, 6.07) is 19.8. The first-order chi connectivity index (χ1) is 16.1. The van der Waals surface area contributed by atoms with Crippen molar-refractivity contribution in [2.45, 2.75) is 13.8 Å². The summed E-state index contributed by atoms with van der Waals surface area (Å²) in [7, 11) is 2.06. The molecule has 0 bridgehead atoms. The highest BCUT2D eigenvalue weighted by Gasteiger charge is 2.11. The van der Waals surface area contributed by atoms with Crippen molar-refractivity contribution in [2.75, 3.05) is 37.3 Å². The third kappa shape index (κ3) is 6.27. The number of anilines is 3. The first kappa shape index (κ1) is 22.2. The van der Waals surface area contributed by atoms with E-state index in [9.17, 15) is 0 Å². The molecule has 0 spiro atoms. The highest BCUT2D eigenvalue weighted by Crippen LogP contribution is 2.23.